The summed E-state index contributed by atoms with van der Waals surface area (Å²) in [5.41, 5.74) is 8.19. The molecule has 2 nitrogen and oxygen atoms in total. The molecule has 1 aliphatic rings. The molecule has 3 rings (SSSR count). The molecule has 0 saturated heterocycles. The highest BCUT2D eigenvalue weighted by molar-refractivity contribution is 5.42. The van der Waals surface area contributed by atoms with Gasteiger partial charge in [0.2, 0.25) is 0 Å². The van der Waals surface area contributed by atoms with Crippen molar-refractivity contribution in [1.82, 2.24) is 0 Å². The fourth-order valence-corrected chi connectivity index (χ4v) is 2.59. The maximum Gasteiger partial charge on any atom is 0.416 e. The van der Waals surface area contributed by atoms with Gasteiger partial charge in [-0.15, -0.1) is 0 Å². The molecule has 1 atom stereocenters. The highest BCUT2D eigenvalue weighted by Gasteiger charge is 2.34. The Labute approximate surface area is 120 Å². The van der Waals surface area contributed by atoms with Crippen LogP contribution in [-0.4, -0.2) is 0 Å². The third kappa shape index (κ3) is 2.66. The van der Waals surface area contributed by atoms with Gasteiger partial charge in [0.05, 0.1) is 24.8 Å². The topological polar surface area (TPSA) is 35.2 Å². The predicted molar refractivity (Wildman–Crippen MR) is 72.4 cm³/mol. The second kappa shape index (κ2) is 5.16. The minimum absolute atomic E-state index is 0.0869. The van der Waals surface area contributed by atoms with Crippen molar-refractivity contribution in [1.29, 1.82) is 0 Å². The van der Waals surface area contributed by atoms with E-state index in [1.165, 1.54) is 12.1 Å². The van der Waals surface area contributed by atoms with E-state index >= 15 is 0 Å². The van der Waals surface area contributed by atoms with Crippen LogP contribution in [0.15, 0.2) is 42.5 Å². The van der Waals surface area contributed by atoms with Crippen LogP contribution in [0.5, 0.6) is 0 Å². The highest BCUT2D eigenvalue weighted by atomic mass is 19.4. The number of halogens is 3. The van der Waals surface area contributed by atoms with Crippen LogP contribution in [0.2, 0.25) is 0 Å². The Morgan fingerprint density at radius 3 is 2.48 bits per heavy atom. The Morgan fingerprint density at radius 2 is 1.71 bits per heavy atom. The van der Waals surface area contributed by atoms with Crippen LogP contribution in [0.3, 0.4) is 0 Å². The first-order chi connectivity index (χ1) is 9.97. The van der Waals surface area contributed by atoms with Crippen molar-refractivity contribution in [2.45, 2.75) is 25.4 Å². The molecule has 110 valence electrons. The van der Waals surface area contributed by atoms with E-state index in [0.717, 1.165) is 17.2 Å². The molecule has 0 amide bonds. The van der Waals surface area contributed by atoms with Crippen molar-refractivity contribution in [3.05, 3.63) is 70.3 Å². The lowest BCUT2D eigenvalue weighted by Crippen LogP contribution is -2.18. The average Bonchev–Trinajstić information content (AvgIpc) is 2.93. The normalized spacial score (nSPS) is 15.8. The first kappa shape index (κ1) is 14.1. The van der Waals surface area contributed by atoms with Gasteiger partial charge in [-0.25, -0.2) is 0 Å². The number of hydrogen-bond donors (Lipinski definition) is 1. The molecule has 21 heavy (non-hydrogen) atoms. The summed E-state index contributed by atoms with van der Waals surface area (Å²) in [6, 6.07) is 10.1. The molecular weight excluding hydrogens is 279 g/mol. The van der Waals surface area contributed by atoms with E-state index in [9.17, 15) is 13.2 Å². The van der Waals surface area contributed by atoms with Crippen LogP contribution >= 0.6 is 0 Å². The van der Waals surface area contributed by atoms with Crippen molar-refractivity contribution < 1.29 is 17.9 Å². The number of benzene rings is 2. The van der Waals surface area contributed by atoms with Crippen molar-refractivity contribution in [2.24, 2.45) is 5.73 Å². The summed E-state index contributed by atoms with van der Waals surface area (Å²) in [4.78, 5) is 0. The number of alkyl halides is 3. The quantitative estimate of drug-likeness (QED) is 0.914. The molecule has 1 unspecified atom stereocenters. The van der Waals surface area contributed by atoms with Crippen LogP contribution in [0, 0.1) is 0 Å². The lowest BCUT2D eigenvalue weighted by molar-refractivity contribution is -0.138. The summed E-state index contributed by atoms with van der Waals surface area (Å²) in [6.07, 6.45) is -4.41. The standard InChI is InChI=1S/C16H14F3NO/c17-16(18,19)14-4-2-1-3-13(14)15(20)10-5-6-11-8-21-9-12(11)7-10/h1-7,15H,8-9,20H2. The maximum atomic E-state index is 13.1. The van der Waals surface area contributed by atoms with Gasteiger partial charge >= 0.3 is 6.18 Å². The summed E-state index contributed by atoms with van der Waals surface area (Å²) in [6.45, 7) is 1.03. The molecular formula is C16H14F3NO. The summed E-state index contributed by atoms with van der Waals surface area (Å²) in [7, 11) is 0. The second-order valence-electron chi connectivity index (χ2n) is 5.08. The SMILES string of the molecule is NC(c1ccc2c(c1)COC2)c1ccccc1C(F)(F)F. The minimum Gasteiger partial charge on any atom is -0.372 e. The van der Waals surface area contributed by atoms with Crippen LogP contribution in [0.4, 0.5) is 13.2 Å². The first-order valence-electron chi connectivity index (χ1n) is 6.58. The third-order valence-corrected chi connectivity index (χ3v) is 3.71. The number of hydrogen-bond acceptors (Lipinski definition) is 2. The largest absolute Gasteiger partial charge is 0.416 e. The molecule has 1 heterocycles. The smallest absolute Gasteiger partial charge is 0.372 e. The van der Waals surface area contributed by atoms with Crippen LogP contribution in [0.25, 0.3) is 0 Å². The van der Waals surface area contributed by atoms with Crippen molar-refractivity contribution in [3.63, 3.8) is 0 Å². The van der Waals surface area contributed by atoms with E-state index in [1.54, 1.807) is 12.1 Å². The molecule has 0 spiro atoms. The molecule has 0 saturated carbocycles. The van der Waals surface area contributed by atoms with Gasteiger partial charge < -0.3 is 10.5 Å². The summed E-state index contributed by atoms with van der Waals surface area (Å²) < 4.78 is 44.5. The monoisotopic (exact) mass is 293 g/mol. The Balaban J connectivity index is 2.01. The zero-order valence-corrected chi connectivity index (χ0v) is 11.2. The molecule has 5 heteroatoms. The van der Waals surface area contributed by atoms with E-state index in [4.69, 9.17) is 10.5 Å². The van der Waals surface area contributed by atoms with Gasteiger partial charge in [-0.05, 0) is 28.3 Å². The van der Waals surface area contributed by atoms with Crippen molar-refractivity contribution in [3.8, 4) is 0 Å². The molecule has 1 aliphatic heterocycles. The zero-order valence-electron chi connectivity index (χ0n) is 11.2. The molecule has 2 N–H and O–H groups in total. The summed E-state index contributed by atoms with van der Waals surface area (Å²) >= 11 is 0. The van der Waals surface area contributed by atoms with E-state index in [2.05, 4.69) is 0 Å². The molecule has 0 aliphatic carbocycles. The average molecular weight is 293 g/mol. The lowest BCUT2D eigenvalue weighted by Gasteiger charge is -2.19. The minimum atomic E-state index is -4.41. The fourth-order valence-electron chi connectivity index (χ4n) is 2.59. The molecule has 0 fully saturated rings. The van der Waals surface area contributed by atoms with Gasteiger partial charge in [0.1, 0.15) is 0 Å². The predicted octanol–water partition coefficient (Wildman–Crippen LogP) is 3.78. The van der Waals surface area contributed by atoms with Crippen LogP contribution in [-0.2, 0) is 24.1 Å². The number of ether oxygens (including phenoxy) is 1. The first-order valence-corrected chi connectivity index (χ1v) is 6.58. The van der Waals surface area contributed by atoms with Gasteiger partial charge in [0.15, 0.2) is 0 Å². The van der Waals surface area contributed by atoms with Gasteiger partial charge in [-0.3, -0.25) is 0 Å². The lowest BCUT2D eigenvalue weighted by atomic mass is 9.93. The van der Waals surface area contributed by atoms with Crippen LogP contribution in [0.1, 0.15) is 33.9 Å². The second-order valence-corrected chi connectivity index (χ2v) is 5.08. The summed E-state index contributed by atoms with van der Waals surface area (Å²) in [5, 5.41) is 0. The van der Waals surface area contributed by atoms with E-state index in [0.29, 0.717) is 18.8 Å². The van der Waals surface area contributed by atoms with Gasteiger partial charge in [0, 0.05) is 0 Å². The van der Waals surface area contributed by atoms with Gasteiger partial charge in [0.25, 0.3) is 0 Å². The number of fused-ring (bicyclic) bond motifs is 1. The van der Waals surface area contributed by atoms with E-state index in [-0.39, 0.29) is 5.56 Å². The Bertz CT molecular complexity index is 667. The third-order valence-electron chi connectivity index (χ3n) is 3.71. The maximum absolute atomic E-state index is 13.1. The highest BCUT2D eigenvalue weighted by Crippen LogP contribution is 2.36. The Kier molecular flexibility index (Phi) is 3.47. The molecule has 0 bridgehead atoms. The molecule has 2 aromatic rings. The Morgan fingerprint density at radius 1 is 1.00 bits per heavy atom. The molecule has 0 radical (unpaired) electrons. The number of nitrogens with two attached hydrogens (primary N) is 1. The van der Waals surface area contributed by atoms with Gasteiger partial charge in [-0.1, -0.05) is 36.4 Å². The Hall–Kier alpha value is -1.85. The summed E-state index contributed by atoms with van der Waals surface area (Å²) in [5.74, 6) is 0. The van der Waals surface area contributed by atoms with Crippen LogP contribution < -0.4 is 5.73 Å². The molecule has 2 aromatic carbocycles. The molecule has 0 aromatic heterocycles. The van der Waals surface area contributed by atoms with E-state index in [1.807, 2.05) is 12.1 Å². The van der Waals surface area contributed by atoms with Crippen molar-refractivity contribution in [2.75, 3.05) is 0 Å². The van der Waals surface area contributed by atoms with E-state index < -0.39 is 17.8 Å². The number of rotatable bonds is 2. The zero-order chi connectivity index (χ0) is 15.0. The van der Waals surface area contributed by atoms with Gasteiger partial charge in [-0.2, -0.15) is 13.2 Å². The fraction of sp³-hybridized carbons (Fsp3) is 0.250. The van der Waals surface area contributed by atoms with Crippen molar-refractivity contribution >= 4 is 0 Å².